The number of nitrogens with one attached hydrogen (secondary N) is 1. The lowest BCUT2D eigenvalue weighted by atomic mass is 10.2. The first-order valence-electron chi connectivity index (χ1n) is 6.19. The smallest absolute Gasteiger partial charge is 0.133 e. The SMILES string of the molecule is Cc1cc(NCc2ccc(C)s2)nc(C(C)C)n1. The van der Waals surface area contributed by atoms with Crippen LogP contribution in [0.25, 0.3) is 0 Å². The van der Waals surface area contributed by atoms with E-state index in [2.05, 4.69) is 48.2 Å². The Hall–Kier alpha value is -1.42. The number of thiophene rings is 1. The van der Waals surface area contributed by atoms with Gasteiger partial charge < -0.3 is 5.32 Å². The molecule has 0 amide bonds. The molecule has 3 nitrogen and oxygen atoms in total. The third-order valence-electron chi connectivity index (χ3n) is 2.63. The second-order valence-electron chi connectivity index (χ2n) is 4.77. The summed E-state index contributed by atoms with van der Waals surface area (Å²) in [6.45, 7) is 9.18. The van der Waals surface area contributed by atoms with Crippen LogP contribution in [0.4, 0.5) is 5.82 Å². The zero-order valence-electron chi connectivity index (χ0n) is 11.3. The summed E-state index contributed by atoms with van der Waals surface area (Å²) in [7, 11) is 0. The van der Waals surface area contributed by atoms with E-state index in [1.807, 2.05) is 24.3 Å². The molecule has 2 aromatic heterocycles. The molecule has 0 aliphatic carbocycles. The number of hydrogen-bond donors (Lipinski definition) is 1. The van der Waals surface area contributed by atoms with E-state index in [9.17, 15) is 0 Å². The molecule has 0 aliphatic rings. The molecule has 0 saturated carbocycles. The van der Waals surface area contributed by atoms with Crippen LogP contribution in [-0.4, -0.2) is 9.97 Å². The average Bonchev–Trinajstić information content (AvgIpc) is 2.72. The first-order valence-corrected chi connectivity index (χ1v) is 7.01. The number of nitrogens with zero attached hydrogens (tertiary/aromatic N) is 2. The molecule has 0 aliphatic heterocycles. The highest BCUT2D eigenvalue weighted by atomic mass is 32.1. The van der Waals surface area contributed by atoms with Gasteiger partial charge >= 0.3 is 0 Å². The molecule has 4 heteroatoms. The number of anilines is 1. The summed E-state index contributed by atoms with van der Waals surface area (Å²) < 4.78 is 0. The molecule has 2 rings (SSSR count). The van der Waals surface area contributed by atoms with Crippen molar-refractivity contribution in [1.29, 1.82) is 0 Å². The highest BCUT2D eigenvalue weighted by molar-refractivity contribution is 7.11. The molecule has 0 radical (unpaired) electrons. The zero-order valence-corrected chi connectivity index (χ0v) is 12.1. The third kappa shape index (κ3) is 3.29. The van der Waals surface area contributed by atoms with Gasteiger partial charge in [-0.15, -0.1) is 11.3 Å². The predicted molar refractivity (Wildman–Crippen MR) is 77.2 cm³/mol. The number of aromatic nitrogens is 2. The van der Waals surface area contributed by atoms with Crippen LogP contribution >= 0.6 is 11.3 Å². The van der Waals surface area contributed by atoms with Crippen LogP contribution in [0.15, 0.2) is 18.2 Å². The lowest BCUT2D eigenvalue weighted by molar-refractivity contribution is 0.767. The van der Waals surface area contributed by atoms with Crippen LogP contribution in [0, 0.1) is 13.8 Å². The van der Waals surface area contributed by atoms with Crippen LogP contribution in [0.3, 0.4) is 0 Å². The average molecular weight is 261 g/mol. The predicted octanol–water partition coefficient (Wildman–Crippen LogP) is 3.89. The van der Waals surface area contributed by atoms with E-state index in [1.165, 1.54) is 9.75 Å². The van der Waals surface area contributed by atoms with Crippen molar-refractivity contribution in [2.45, 2.75) is 40.2 Å². The van der Waals surface area contributed by atoms with Gasteiger partial charge in [0.15, 0.2) is 0 Å². The molecule has 0 bridgehead atoms. The Morgan fingerprint density at radius 2 is 2.00 bits per heavy atom. The largest absolute Gasteiger partial charge is 0.365 e. The van der Waals surface area contributed by atoms with E-state index in [4.69, 9.17) is 0 Å². The molecule has 0 spiro atoms. The van der Waals surface area contributed by atoms with Crippen LogP contribution in [0.5, 0.6) is 0 Å². The molecule has 0 unspecified atom stereocenters. The Bertz CT molecular complexity index is 532. The summed E-state index contributed by atoms with van der Waals surface area (Å²) in [6.07, 6.45) is 0. The molecule has 2 aromatic rings. The highest BCUT2D eigenvalue weighted by Crippen LogP contribution is 2.18. The quantitative estimate of drug-likeness (QED) is 0.907. The van der Waals surface area contributed by atoms with Crippen LogP contribution < -0.4 is 5.32 Å². The van der Waals surface area contributed by atoms with Crippen molar-refractivity contribution in [3.05, 3.63) is 39.5 Å². The fraction of sp³-hybridized carbons (Fsp3) is 0.429. The Balaban J connectivity index is 2.09. The standard InChI is InChI=1S/C14H19N3S/c1-9(2)14-16-10(3)7-13(17-14)15-8-12-6-5-11(4)18-12/h5-7,9H,8H2,1-4H3,(H,15,16,17). The van der Waals surface area contributed by atoms with E-state index < -0.39 is 0 Å². The minimum Gasteiger partial charge on any atom is -0.365 e. The lowest BCUT2D eigenvalue weighted by Gasteiger charge is -2.09. The van der Waals surface area contributed by atoms with Gasteiger partial charge in [0.25, 0.3) is 0 Å². The Morgan fingerprint density at radius 3 is 2.61 bits per heavy atom. The maximum atomic E-state index is 4.54. The van der Waals surface area contributed by atoms with E-state index in [-0.39, 0.29) is 0 Å². The Morgan fingerprint density at radius 1 is 1.22 bits per heavy atom. The summed E-state index contributed by atoms with van der Waals surface area (Å²) in [5.41, 5.74) is 1.01. The van der Waals surface area contributed by atoms with Gasteiger partial charge in [0.05, 0.1) is 6.54 Å². The van der Waals surface area contributed by atoms with Crippen molar-refractivity contribution in [3.8, 4) is 0 Å². The summed E-state index contributed by atoms with van der Waals surface area (Å²) in [5, 5.41) is 3.37. The molecule has 0 saturated heterocycles. The van der Waals surface area contributed by atoms with Crippen molar-refractivity contribution in [3.63, 3.8) is 0 Å². The van der Waals surface area contributed by atoms with Crippen molar-refractivity contribution < 1.29 is 0 Å². The summed E-state index contributed by atoms with van der Waals surface area (Å²) in [4.78, 5) is 11.7. The van der Waals surface area contributed by atoms with Gasteiger partial charge in [0.1, 0.15) is 11.6 Å². The third-order valence-corrected chi connectivity index (χ3v) is 3.63. The molecule has 0 aromatic carbocycles. The summed E-state index contributed by atoms with van der Waals surface area (Å²) in [6, 6.07) is 6.29. The van der Waals surface area contributed by atoms with E-state index in [1.54, 1.807) is 0 Å². The van der Waals surface area contributed by atoms with Crippen molar-refractivity contribution in [2.24, 2.45) is 0 Å². The van der Waals surface area contributed by atoms with Crippen molar-refractivity contribution >= 4 is 17.2 Å². The number of hydrogen-bond acceptors (Lipinski definition) is 4. The van der Waals surface area contributed by atoms with Gasteiger partial charge in [-0.1, -0.05) is 13.8 Å². The minimum absolute atomic E-state index is 0.356. The molecule has 0 atom stereocenters. The fourth-order valence-electron chi connectivity index (χ4n) is 1.70. The van der Waals surface area contributed by atoms with Crippen LogP contribution in [0.2, 0.25) is 0 Å². The number of aryl methyl sites for hydroxylation is 2. The second kappa shape index (κ2) is 5.48. The second-order valence-corrected chi connectivity index (χ2v) is 6.15. The maximum Gasteiger partial charge on any atom is 0.133 e. The lowest BCUT2D eigenvalue weighted by Crippen LogP contribution is -2.05. The van der Waals surface area contributed by atoms with Crippen LogP contribution in [0.1, 0.15) is 41.0 Å². The van der Waals surface area contributed by atoms with Crippen molar-refractivity contribution in [1.82, 2.24) is 9.97 Å². The Labute approximate surface area is 112 Å². The fourth-order valence-corrected chi connectivity index (χ4v) is 2.53. The number of rotatable bonds is 4. The van der Waals surface area contributed by atoms with Gasteiger partial charge in [-0.05, 0) is 26.0 Å². The highest BCUT2D eigenvalue weighted by Gasteiger charge is 2.06. The van der Waals surface area contributed by atoms with Gasteiger partial charge in [-0.3, -0.25) is 0 Å². The van der Waals surface area contributed by atoms with E-state index in [0.717, 1.165) is 23.9 Å². The van der Waals surface area contributed by atoms with Gasteiger partial charge in [-0.25, -0.2) is 9.97 Å². The van der Waals surface area contributed by atoms with Crippen LogP contribution in [-0.2, 0) is 6.54 Å². The molecule has 18 heavy (non-hydrogen) atoms. The van der Waals surface area contributed by atoms with Gasteiger partial charge in [-0.2, -0.15) is 0 Å². The maximum absolute atomic E-state index is 4.54. The minimum atomic E-state index is 0.356. The van der Waals surface area contributed by atoms with Crippen molar-refractivity contribution in [2.75, 3.05) is 5.32 Å². The van der Waals surface area contributed by atoms with Gasteiger partial charge in [0.2, 0.25) is 0 Å². The molecule has 0 fully saturated rings. The molecule has 1 N–H and O–H groups in total. The normalized spacial score (nSPS) is 10.9. The first kappa shape index (κ1) is 13.0. The molecule has 96 valence electrons. The first-order chi connectivity index (χ1) is 8.54. The summed E-state index contributed by atoms with van der Waals surface area (Å²) >= 11 is 1.82. The van der Waals surface area contributed by atoms with E-state index in [0.29, 0.717) is 5.92 Å². The summed E-state index contributed by atoms with van der Waals surface area (Å²) in [5.74, 6) is 2.17. The zero-order chi connectivity index (χ0) is 13.1. The Kier molecular flexibility index (Phi) is 3.97. The van der Waals surface area contributed by atoms with Gasteiger partial charge in [0, 0.05) is 27.4 Å². The molecule has 2 heterocycles. The van der Waals surface area contributed by atoms with E-state index >= 15 is 0 Å². The molecular formula is C14H19N3S. The topological polar surface area (TPSA) is 37.8 Å². The molecular weight excluding hydrogens is 242 g/mol. The monoisotopic (exact) mass is 261 g/mol.